The van der Waals surface area contributed by atoms with E-state index in [1.54, 1.807) is 0 Å². The molecule has 26 heavy (non-hydrogen) atoms. The number of nitrogens with zero attached hydrogens (tertiary/aromatic N) is 3. The summed E-state index contributed by atoms with van der Waals surface area (Å²) in [5.74, 6) is 1.05. The molecule has 0 fully saturated rings. The second-order valence-corrected chi connectivity index (χ2v) is 7.57. The highest BCUT2D eigenvalue weighted by Gasteiger charge is 2.15. The summed E-state index contributed by atoms with van der Waals surface area (Å²) in [6.07, 6.45) is 0. The van der Waals surface area contributed by atoms with Gasteiger partial charge in [0.15, 0.2) is 11.0 Å². The van der Waals surface area contributed by atoms with Crippen LogP contribution in [0.25, 0.3) is 11.4 Å². The van der Waals surface area contributed by atoms with Gasteiger partial charge in [-0.25, -0.2) is 0 Å². The molecule has 0 saturated heterocycles. The molecule has 1 amide bonds. The van der Waals surface area contributed by atoms with Crippen molar-refractivity contribution in [2.45, 2.75) is 25.5 Å². The number of anilines is 1. The molecule has 1 N–H and O–H groups in total. The van der Waals surface area contributed by atoms with E-state index >= 15 is 0 Å². The molecule has 7 heteroatoms. The second kappa shape index (κ2) is 8.51. The molecule has 2 aromatic carbocycles. The molecule has 0 bridgehead atoms. The smallest absolute Gasteiger partial charge is 0.234 e. The van der Waals surface area contributed by atoms with Gasteiger partial charge < -0.3 is 9.88 Å². The maximum atomic E-state index is 12.2. The van der Waals surface area contributed by atoms with Gasteiger partial charge in [-0.3, -0.25) is 4.79 Å². The number of carbonyl (C=O) groups is 1. The van der Waals surface area contributed by atoms with Crippen LogP contribution < -0.4 is 5.32 Å². The third-order valence-electron chi connectivity index (χ3n) is 3.88. The molecule has 0 aliphatic carbocycles. The number of thioether (sulfide) groups is 1. The van der Waals surface area contributed by atoms with Crippen LogP contribution in [0.15, 0.2) is 58.2 Å². The van der Waals surface area contributed by atoms with E-state index in [9.17, 15) is 4.79 Å². The van der Waals surface area contributed by atoms with Gasteiger partial charge in [-0.15, -0.1) is 10.2 Å². The Morgan fingerprint density at radius 3 is 2.58 bits per heavy atom. The van der Waals surface area contributed by atoms with Gasteiger partial charge in [0, 0.05) is 22.3 Å². The number of carbonyl (C=O) groups excluding carboxylic acids is 1. The Kier molecular flexibility index (Phi) is 6.11. The molecular weight excluding hydrogens is 412 g/mol. The van der Waals surface area contributed by atoms with Gasteiger partial charge in [-0.2, -0.15) is 0 Å². The molecular formula is C19H19BrN4OS. The summed E-state index contributed by atoms with van der Waals surface area (Å²) >= 11 is 4.77. The van der Waals surface area contributed by atoms with Crippen LogP contribution in [0.3, 0.4) is 0 Å². The average molecular weight is 431 g/mol. The zero-order valence-electron chi connectivity index (χ0n) is 14.6. The maximum absolute atomic E-state index is 12.2. The van der Waals surface area contributed by atoms with E-state index in [0.717, 1.165) is 38.8 Å². The first-order chi connectivity index (χ1) is 12.6. The number of nitrogens with one attached hydrogen (secondary N) is 1. The number of hydrogen-bond acceptors (Lipinski definition) is 4. The van der Waals surface area contributed by atoms with Gasteiger partial charge >= 0.3 is 0 Å². The number of amides is 1. The van der Waals surface area contributed by atoms with Crippen molar-refractivity contribution < 1.29 is 4.79 Å². The quantitative estimate of drug-likeness (QED) is 0.572. The number of halogens is 1. The van der Waals surface area contributed by atoms with E-state index in [4.69, 9.17) is 0 Å². The number of aromatic nitrogens is 3. The molecule has 134 valence electrons. The van der Waals surface area contributed by atoms with Crippen molar-refractivity contribution in [2.24, 2.45) is 0 Å². The fourth-order valence-corrected chi connectivity index (χ4v) is 3.63. The van der Waals surface area contributed by atoms with Crippen LogP contribution in [-0.4, -0.2) is 26.4 Å². The van der Waals surface area contributed by atoms with Gasteiger partial charge in [-0.1, -0.05) is 52.0 Å². The molecule has 0 saturated carbocycles. The minimum absolute atomic E-state index is 0.0691. The highest BCUT2D eigenvalue weighted by molar-refractivity contribution is 9.10. The zero-order chi connectivity index (χ0) is 18.5. The van der Waals surface area contributed by atoms with Gasteiger partial charge in [0.1, 0.15) is 0 Å². The fraction of sp³-hybridized carbons (Fsp3) is 0.211. The summed E-state index contributed by atoms with van der Waals surface area (Å²) in [4.78, 5) is 12.2. The molecule has 0 aliphatic heterocycles. The lowest BCUT2D eigenvalue weighted by atomic mass is 10.1. The highest BCUT2D eigenvalue weighted by atomic mass is 79.9. The van der Waals surface area contributed by atoms with E-state index in [2.05, 4.69) is 51.4 Å². The number of rotatable bonds is 6. The van der Waals surface area contributed by atoms with E-state index < -0.39 is 0 Å². The average Bonchev–Trinajstić information content (AvgIpc) is 3.05. The normalized spacial score (nSPS) is 10.7. The minimum atomic E-state index is -0.0691. The predicted molar refractivity (Wildman–Crippen MR) is 109 cm³/mol. The lowest BCUT2D eigenvalue weighted by molar-refractivity contribution is -0.113. The topological polar surface area (TPSA) is 59.8 Å². The third kappa shape index (κ3) is 4.34. The lowest BCUT2D eigenvalue weighted by Gasteiger charge is -2.09. The molecule has 3 aromatic rings. The standard InChI is InChI=1S/C19H19BrN4OS/c1-3-24-18(16-7-5-4-6-13(16)2)22-23-19(24)26-12-17(25)21-15-10-8-14(20)9-11-15/h4-11H,3,12H2,1-2H3,(H,21,25). The van der Waals surface area contributed by atoms with E-state index in [0.29, 0.717) is 0 Å². The van der Waals surface area contributed by atoms with Crippen LogP contribution in [0.4, 0.5) is 5.69 Å². The Balaban J connectivity index is 1.69. The maximum Gasteiger partial charge on any atom is 0.234 e. The molecule has 1 heterocycles. The summed E-state index contributed by atoms with van der Waals surface area (Å²) in [5.41, 5.74) is 2.99. The van der Waals surface area contributed by atoms with Gasteiger partial charge in [0.2, 0.25) is 5.91 Å². The molecule has 0 spiro atoms. The molecule has 5 nitrogen and oxygen atoms in total. The van der Waals surface area contributed by atoms with E-state index in [1.165, 1.54) is 11.8 Å². The first-order valence-corrected chi connectivity index (χ1v) is 10.0. The lowest BCUT2D eigenvalue weighted by Crippen LogP contribution is -2.14. The molecule has 0 aliphatic rings. The Bertz CT molecular complexity index is 908. The van der Waals surface area contributed by atoms with E-state index in [1.807, 2.05) is 47.0 Å². The van der Waals surface area contributed by atoms with Crippen LogP contribution in [0, 0.1) is 6.92 Å². The summed E-state index contributed by atoms with van der Waals surface area (Å²) in [6.45, 7) is 4.85. The minimum Gasteiger partial charge on any atom is -0.325 e. The van der Waals surface area contributed by atoms with Crippen LogP contribution in [-0.2, 0) is 11.3 Å². The number of benzene rings is 2. The van der Waals surface area contributed by atoms with Crippen molar-refractivity contribution in [1.82, 2.24) is 14.8 Å². The van der Waals surface area contributed by atoms with Crippen molar-refractivity contribution in [3.8, 4) is 11.4 Å². The van der Waals surface area contributed by atoms with Crippen LogP contribution in [0.2, 0.25) is 0 Å². The summed E-state index contributed by atoms with van der Waals surface area (Å²) in [6, 6.07) is 15.6. The number of aryl methyl sites for hydroxylation is 1. The largest absolute Gasteiger partial charge is 0.325 e. The van der Waals surface area contributed by atoms with Crippen molar-refractivity contribution in [3.63, 3.8) is 0 Å². The summed E-state index contributed by atoms with van der Waals surface area (Å²) in [7, 11) is 0. The van der Waals surface area contributed by atoms with Crippen molar-refractivity contribution >= 4 is 39.3 Å². The highest BCUT2D eigenvalue weighted by Crippen LogP contribution is 2.26. The van der Waals surface area contributed by atoms with Gasteiger partial charge in [-0.05, 0) is 43.7 Å². The Hall–Kier alpha value is -2.12. The molecule has 1 aromatic heterocycles. The Labute approximate surface area is 165 Å². The first kappa shape index (κ1) is 18.7. The van der Waals surface area contributed by atoms with Crippen LogP contribution >= 0.6 is 27.7 Å². The van der Waals surface area contributed by atoms with Crippen molar-refractivity contribution in [1.29, 1.82) is 0 Å². The van der Waals surface area contributed by atoms with Gasteiger partial charge in [0.25, 0.3) is 0 Å². The zero-order valence-corrected chi connectivity index (χ0v) is 17.0. The molecule has 0 radical (unpaired) electrons. The first-order valence-electron chi connectivity index (χ1n) is 8.26. The molecule has 3 rings (SSSR count). The Morgan fingerprint density at radius 2 is 1.88 bits per heavy atom. The summed E-state index contributed by atoms with van der Waals surface area (Å²) in [5, 5.41) is 12.3. The molecule has 0 atom stereocenters. The van der Waals surface area contributed by atoms with Crippen molar-refractivity contribution in [3.05, 3.63) is 58.6 Å². The second-order valence-electron chi connectivity index (χ2n) is 5.71. The van der Waals surface area contributed by atoms with Crippen LogP contribution in [0.5, 0.6) is 0 Å². The number of hydrogen-bond donors (Lipinski definition) is 1. The third-order valence-corrected chi connectivity index (χ3v) is 5.37. The SMILES string of the molecule is CCn1c(SCC(=O)Nc2ccc(Br)cc2)nnc1-c1ccccc1C. The van der Waals surface area contributed by atoms with Gasteiger partial charge in [0.05, 0.1) is 5.75 Å². The predicted octanol–water partition coefficient (Wildman–Crippen LogP) is 4.77. The fourth-order valence-electron chi connectivity index (χ4n) is 2.56. The summed E-state index contributed by atoms with van der Waals surface area (Å²) < 4.78 is 3.02. The Morgan fingerprint density at radius 1 is 1.15 bits per heavy atom. The van der Waals surface area contributed by atoms with Crippen LogP contribution in [0.1, 0.15) is 12.5 Å². The monoisotopic (exact) mass is 430 g/mol. The van der Waals surface area contributed by atoms with E-state index in [-0.39, 0.29) is 11.7 Å². The van der Waals surface area contributed by atoms with Crippen molar-refractivity contribution in [2.75, 3.05) is 11.1 Å². The molecule has 0 unspecified atom stereocenters.